The van der Waals surface area contributed by atoms with Crippen LogP contribution in [0.4, 0.5) is 0 Å². The van der Waals surface area contributed by atoms with E-state index in [0.717, 1.165) is 5.56 Å². The molecule has 0 unspecified atom stereocenters. The van der Waals surface area contributed by atoms with E-state index >= 15 is 0 Å². The summed E-state index contributed by atoms with van der Waals surface area (Å²) in [6.45, 7) is 7.28. The van der Waals surface area contributed by atoms with Gasteiger partial charge in [0, 0.05) is 13.1 Å². The normalized spacial score (nSPS) is 14.8. The van der Waals surface area contributed by atoms with E-state index in [4.69, 9.17) is 10.2 Å². The summed E-state index contributed by atoms with van der Waals surface area (Å²) in [6, 6.07) is 6.11. The Bertz CT molecular complexity index is 505. The lowest BCUT2D eigenvalue weighted by Crippen LogP contribution is -2.24. The van der Waals surface area contributed by atoms with Gasteiger partial charge in [-0.3, -0.25) is 9.80 Å². The van der Waals surface area contributed by atoms with Gasteiger partial charge < -0.3 is 10.2 Å². The molecule has 0 saturated carbocycles. The van der Waals surface area contributed by atoms with Crippen LogP contribution in [0.2, 0.25) is 0 Å². The number of hydrogen-bond acceptors (Lipinski definition) is 4. The average molecular weight is 379 g/mol. The molecule has 1 heterocycles. The van der Waals surface area contributed by atoms with Crippen molar-refractivity contribution in [3.05, 3.63) is 35.4 Å². The number of carboxylic acid groups (broad SMARTS) is 1. The number of hydrogen-bond donors (Lipinski definition) is 2. The van der Waals surface area contributed by atoms with Crippen molar-refractivity contribution in [2.75, 3.05) is 33.4 Å². The summed E-state index contributed by atoms with van der Waals surface area (Å²) in [5, 5.41) is 17.1. The van der Waals surface area contributed by atoms with Crippen LogP contribution in [0.15, 0.2) is 24.3 Å². The Labute approximate surface area is 165 Å². The smallest absolute Gasteiger partial charge is 0.335 e. The Kier molecular flexibility index (Phi) is 12.8. The van der Waals surface area contributed by atoms with E-state index in [9.17, 15) is 4.79 Å². The maximum atomic E-state index is 10.3. The second-order valence-corrected chi connectivity index (χ2v) is 7.47. The number of aromatic carboxylic acids is 1. The van der Waals surface area contributed by atoms with E-state index in [2.05, 4.69) is 23.8 Å². The van der Waals surface area contributed by atoms with Gasteiger partial charge in [0.15, 0.2) is 0 Å². The third-order valence-electron chi connectivity index (χ3n) is 4.95. The number of carboxylic acids is 1. The van der Waals surface area contributed by atoms with E-state index < -0.39 is 5.97 Å². The van der Waals surface area contributed by atoms with Crippen molar-refractivity contribution < 1.29 is 15.0 Å². The van der Waals surface area contributed by atoms with Gasteiger partial charge in [-0.2, -0.15) is 0 Å². The van der Waals surface area contributed by atoms with E-state index in [1.165, 1.54) is 89.8 Å². The molecule has 1 saturated heterocycles. The highest BCUT2D eigenvalue weighted by atomic mass is 16.4. The lowest BCUT2D eigenvalue weighted by molar-refractivity contribution is 0.0697. The first kappa shape index (κ1) is 23.6. The number of aliphatic hydroxyl groups is 1. The van der Waals surface area contributed by atoms with Crippen LogP contribution in [-0.4, -0.2) is 59.3 Å². The molecule has 1 fully saturated rings. The average Bonchev–Trinajstić information content (AvgIpc) is 3.09. The highest BCUT2D eigenvalue weighted by Crippen LogP contribution is 2.10. The summed E-state index contributed by atoms with van der Waals surface area (Å²) in [5.74, 6) is -0.950. The molecule has 1 aromatic rings. The molecule has 5 heteroatoms. The highest BCUT2D eigenvalue weighted by molar-refractivity contribution is 5.87. The topological polar surface area (TPSA) is 64.0 Å². The zero-order valence-electron chi connectivity index (χ0n) is 17.2. The highest BCUT2D eigenvalue weighted by Gasteiger charge is 2.14. The van der Waals surface area contributed by atoms with Crippen LogP contribution in [0.25, 0.3) is 0 Å². The van der Waals surface area contributed by atoms with Crippen LogP contribution in [0.5, 0.6) is 0 Å². The molecule has 2 N–H and O–H groups in total. The number of unbranched alkanes of at least 4 members (excludes halogenated alkanes) is 7. The van der Waals surface area contributed by atoms with Crippen molar-refractivity contribution in [1.82, 2.24) is 9.80 Å². The predicted octanol–water partition coefficient (Wildman–Crippen LogP) is 4.21. The minimum atomic E-state index is -0.950. The monoisotopic (exact) mass is 378 g/mol. The van der Waals surface area contributed by atoms with Crippen molar-refractivity contribution in [2.24, 2.45) is 0 Å². The van der Waals surface area contributed by atoms with Crippen LogP contribution in [0, 0.1) is 0 Å². The van der Waals surface area contributed by atoms with Gasteiger partial charge in [0.25, 0.3) is 0 Å². The number of likely N-dealkylation sites (N-methyl/N-ethyl adjacent to an activating group) is 1. The SMILES string of the molecule is CCCCCCCCCCN1CCN(C)C1.O=C(O)c1ccc(CO)cc1. The maximum absolute atomic E-state index is 10.3. The first-order chi connectivity index (χ1) is 13.1. The van der Waals surface area contributed by atoms with Crippen molar-refractivity contribution >= 4 is 5.97 Å². The van der Waals surface area contributed by atoms with Crippen molar-refractivity contribution in [3.63, 3.8) is 0 Å². The summed E-state index contributed by atoms with van der Waals surface area (Å²) >= 11 is 0. The van der Waals surface area contributed by atoms with Gasteiger partial charge in [-0.25, -0.2) is 4.79 Å². The molecule has 5 nitrogen and oxygen atoms in total. The van der Waals surface area contributed by atoms with Crippen molar-refractivity contribution in [2.45, 2.75) is 64.9 Å². The number of nitrogens with zero attached hydrogens (tertiary/aromatic N) is 2. The molecule has 0 radical (unpaired) electrons. The van der Waals surface area contributed by atoms with Gasteiger partial charge in [0.2, 0.25) is 0 Å². The Balaban J connectivity index is 0.000000289. The van der Waals surface area contributed by atoms with Gasteiger partial charge in [-0.15, -0.1) is 0 Å². The van der Waals surface area contributed by atoms with Gasteiger partial charge >= 0.3 is 5.97 Å². The predicted molar refractivity (Wildman–Crippen MR) is 111 cm³/mol. The molecule has 0 amide bonds. The molecule has 0 spiro atoms. The molecular weight excluding hydrogens is 340 g/mol. The molecule has 1 aromatic carbocycles. The van der Waals surface area contributed by atoms with Crippen LogP contribution in [0.1, 0.15) is 74.2 Å². The summed E-state index contributed by atoms with van der Waals surface area (Å²) in [6.07, 6.45) is 11.5. The lowest BCUT2D eigenvalue weighted by atomic mass is 10.1. The second-order valence-electron chi connectivity index (χ2n) is 7.47. The number of rotatable bonds is 11. The first-order valence-corrected chi connectivity index (χ1v) is 10.4. The van der Waals surface area contributed by atoms with Crippen LogP contribution >= 0.6 is 0 Å². The third-order valence-corrected chi connectivity index (χ3v) is 4.95. The molecule has 0 aliphatic carbocycles. The molecule has 0 atom stereocenters. The second kappa shape index (κ2) is 14.6. The maximum Gasteiger partial charge on any atom is 0.335 e. The molecule has 27 heavy (non-hydrogen) atoms. The first-order valence-electron chi connectivity index (χ1n) is 10.4. The summed E-state index contributed by atoms with van der Waals surface area (Å²) in [5.41, 5.74) is 0.956. The standard InChI is InChI=1S/C14H30N2.C8H8O3/c1-3-4-5-6-7-8-9-10-11-16-13-12-15(2)14-16;9-5-6-1-3-7(4-2-6)8(10)11/h3-14H2,1-2H3;1-4,9H,5H2,(H,10,11). The van der Waals surface area contributed by atoms with Crippen LogP contribution < -0.4 is 0 Å². The molecule has 0 aromatic heterocycles. The van der Waals surface area contributed by atoms with Crippen LogP contribution in [-0.2, 0) is 6.61 Å². The summed E-state index contributed by atoms with van der Waals surface area (Å²) in [7, 11) is 2.22. The molecule has 0 bridgehead atoms. The Morgan fingerprint density at radius 2 is 1.56 bits per heavy atom. The zero-order valence-corrected chi connectivity index (χ0v) is 17.2. The van der Waals surface area contributed by atoms with Crippen molar-refractivity contribution in [1.29, 1.82) is 0 Å². The van der Waals surface area contributed by atoms with E-state index in [0.29, 0.717) is 0 Å². The van der Waals surface area contributed by atoms with E-state index in [1.807, 2.05) is 0 Å². The number of carbonyl (C=O) groups is 1. The molecule has 2 rings (SSSR count). The summed E-state index contributed by atoms with van der Waals surface area (Å²) < 4.78 is 0. The number of benzene rings is 1. The Morgan fingerprint density at radius 1 is 0.963 bits per heavy atom. The largest absolute Gasteiger partial charge is 0.478 e. The lowest BCUT2D eigenvalue weighted by Gasteiger charge is -2.14. The zero-order chi connectivity index (χ0) is 19.9. The minimum absolute atomic E-state index is 0.0557. The van der Waals surface area contributed by atoms with E-state index in [-0.39, 0.29) is 12.2 Å². The van der Waals surface area contributed by atoms with E-state index in [1.54, 1.807) is 12.1 Å². The van der Waals surface area contributed by atoms with Gasteiger partial charge in [0.1, 0.15) is 0 Å². The Hall–Kier alpha value is -1.43. The minimum Gasteiger partial charge on any atom is -0.478 e. The molecule has 1 aliphatic heterocycles. The van der Waals surface area contributed by atoms with Gasteiger partial charge in [0.05, 0.1) is 18.8 Å². The fraction of sp³-hybridized carbons (Fsp3) is 0.682. The molecule has 154 valence electrons. The number of aliphatic hydroxyl groups excluding tert-OH is 1. The third kappa shape index (κ3) is 11.1. The van der Waals surface area contributed by atoms with Crippen molar-refractivity contribution in [3.8, 4) is 0 Å². The summed E-state index contributed by atoms with van der Waals surface area (Å²) in [4.78, 5) is 15.3. The van der Waals surface area contributed by atoms with Crippen LogP contribution in [0.3, 0.4) is 0 Å². The quantitative estimate of drug-likeness (QED) is 0.565. The fourth-order valence-electron chi connectivity index (χ4n) is 3.20. The van der Waals surface area contributed by atoms with Gasteiger partial charge in [-0.1, -0.05) is 64.0 Å². The molecular formula is C22H38N2O3. The molecule has 1 aliphatic rings. The Morgan fingerprint density at radius 3 is 2.04 bits per heavy atom. The van der Waals surface area contributed by atoms with Gasteiger partial charge in [-0.05, 0) is 37.7 Å². The fourth-order valence-corrected chi connectivity index (χ4v) is 3.20.